The van der Waals surface area contributed by atoms with Gasteiger partial charge in [-0.3, -0.25) is 0 Å². The van der Waals surface area contributed by atoms with Gasteiger partial charge in [0.15, 0.2) is 0 Å². The van der Waals surface area contributed by atoms with Crippen LogP contribution in [-0.2, 0) is 4.74 Å². The van der Waals surface area contributed by atoms with Gasteiger partial charge in [0.25, 0.3) is 0 Å². The number of halogens is 1. The highest BCUT2D eigenvalue weighted by Gasteiger charge is 2.14. The van der Waals surface area contributed by atoms with Crippen molar-refractivity contribution in [2.45, 2.75) is 13.8 Å². The van der Waals surface area contributed by atoms with E-state index in [-0.39, 0.29) is 5.82 Å². The molecule has 0 unspecified atom stereocenters. The van der Waals surface area contributed by atoms with E-state index in [0.29, 0.717) is 29.3 Å². The highest BCUT2D eigenvalue weighted by atomic mass is 19.1. The fraction of sp³-hybridized carbons (Fsp3) is 0.235. The molecular formula is C17H18FNO3. The van der Waals surface area contributed by atoms with Crippen molar-refractivity contribution < 1.29 is 18.7 Å². The Morgan fingerprint density at radius 1 is 1.18 bits per heavy atom. The van der Waals surface area contributed by atoms with Crippen molar-refractivity contribution >= 4 is 17.3 Å². The Balaban J connectivity index is 2.40. The van der Waals surface area contributed by atoms with E-state index in [2.05, 4.69) is 5.32 Å². The van der Waals surface area contributed by atoms with E-state index in [1.165, 1.54) is 12.1 Å². The van der Waals surface area contributed by atoms with Crippen LogP contribution in [0, 0.1) is 12.7 Å². The summed E-state index contributed by atoms with van der Waals surface area (Å²) in [5, 5.41) is 3.13. The summed E-state index contributed by atoms with van der Waals surface area (Å²) < 4.78 is 23.4. The number of hydrogen-bond donors (Lipinski definition) is 1. The number of benzene rings is 2. The Kier molecular flexibility index (Phi) is 4.99. The van der Waals surface area contributed by atoms with Crippen molar-refractivity contribution in [2.75, 3.05) is 19.0 Å². The maximum atomic E-state index is 13.2. The van der Waals surface area contributed by atoms with Crippen molar-refractivity contribution in [2.24, 2.45) is 0 Å². The summed E-state index contributed by atoms with van der Waals surface area (Å²) in [6.07, 6.45) is 0. The molecule has 1 N–H and O–H groups in total. The lowest BCUT2D eigenvalue weighted by Crippen LogP contribution is -2.08. The molecule has 0 aliphatic carbocycles. The molecule has 0 radical (unpaired) electrons. The van der Waals surface area contributed by atoms with E-state index in [1.54, 1.807) is 45.2 Å². The molecule has 5 heteroatoms. The zero-order valence-corrected chi connectivity index (χ0v) is 12.8. The molecule has 2 aromatic carbocycles. The molecule has 0 aliphatic rings. The first-order chi connectivity index (χ1) is 10.5. The second kappa shape index (κ2) is 6.93. The van der Waals surface area contributed by atoms with Crippen LogP contribution < -0.4 is 10.1 Å². The standard InChI is InChI=1S/C17H18FNO3/c1-4-22-17(20)14-7-6-13(21-3)10-16(14)19-15-8-5-12(18)9-11(15)2/h5-10,19H,4H2,1-3H3. The van der Waals surface area contributed by atoms with Crippen molar-refractivity contribution in [1.29, 1.82) is 0 Å². The Labute approximate surface area is 128 Å². The summed E-state index contributed by atoms with van der Waals surface area (Å²) in [4.78, 5) is 12.0. The maximum Gasteiger partial charge on any atom is 0.340 e. The number of methoxy groups -OCH3 is 1. The number of ether oxygens (including phenoxy) is 2. The summed E-state index contributed by atoms with van der Waals surface area (Å²) in [6.45, 7) is 3.83. The molecule has 0 saturated carbocycles. The molecule has 0 amide bonds. The molecule has 4 nitrogen and oxygen atoms in total. The van der Waals surface area contributed by atoms with E-state index < -0.39 is 5.97 Å². The van der Waals surface area contributed by atoms with Gasteiger partial charge in [-0.25, -0.2) is 9.18 Å². The van der Waals surface area contributed by atoms with E-state index in [9.17, 15) is 9.18 Å². The molecule has 0 aromatic heterocycles. The zero-order valence-electron chi connectivity index (χ0n) is 12.8. The normalized spacial score (nSPS) is 10.2. The second-order valence-electron chi connectivity index (χ2n) is 4.72. The fourth-order valence-corrected chi connectivity index (χ4v) is 2.05. The third-order valence-electron chi connectivity index (χ3n) is 3.18. The highest BCUT2D eigenvalue weighted by Crippen LogP contribution is 2.28. The van der Waals surface area contributed by atoms with Crippen LogP contribution in [0.4, 0.5) is 15.8 Å². The van der Waals surface area contributed by atoms with Crippen LogP contribution in [-0.4, -0.2) is 19.7 Å². The van der Waals surface area contributed by atoms with E-state index in [0.717, 1.165) is 5.56 Å². The fourth-order valence-electron chi connectivity index (χ4n) is 2.05. The van der Waals surface area contributed by atoms with Gasteiger partial charge in [0.05, 0.1) is 25.0 Å². The Bertz CT molecular complexity index is 686. The predicted octanol–water partition coefficient (Wildman–Crippen LogP) is 4.06. The number of rotatable bonds is 5. The largest absolute Gasteiger partial charge is 0.497 e. The van der Waals surface area contributed by atoms with Gasteiger partial charge >= 0.3 is 5.97 Å². The van der Waals surface area contributed by atoms with Crippen molar-refractivity contribution in [1.82, 2.24) is 0 Å². The third kappa shape index (κ3) is 3.55. The first kappa shape index (κ1) is 15.8. The van der Waals surface area contributed by atoms with Crippen LogP contribution in [0.25, 0.3) is 0 Å². The number of aryl methyl sites for hydroxylation is 1. The molecule has 0 atom stereocenters. The number of hydrogen-bond acceptors (Lipinski definition) is 4. The summed E-state index contributed by atoms with van der Waals surface area (Å²) >= 11 is 0. The molecule has 0 fully saturated rings. The summed E-state index contributed by atoms with van der Waals surface area (Å²) in [5.74, 6) is -0.123. The predicted molar refractivity (Wildman–Crippen MR) is 83.4 cm³/mol. The van der Waals surface area contributed by atoms with Crippen LogP contribution in [0.5, 0.6) is 5.75 Å². The number of esters is 1. The topological polar surface area (TPSA) is 47.6 Å². The Hall–Kier alpha value is -2.56. The van der Waals surface area contributed by atoms with Gasteiger partial charge in [-0.15, -0.1) is 0 Å². The molecule has 0 spiro atoms. The summed E-state index contributed by atoms with van der Waals surface area (Å²) in [5.41, 5.74) is 2.39. The number of anilines is 2. The second-order valence-corrected chi connectivity index (χ2v) is 4.72. The zero-order chi connectivity index (χ0) is 16.1. The van der Waals surface area contributed by atoms with E-state index in [1.807, 2.05) is 0 Å². The van der Waals surface area contributed by atoms with Crippen molar-refractivity contribution in [3.05, 3.63) is 53.3 Å². The quantitative estimate of drug-likeness (QED) is 0.846. The number of carbonyl (C=O) groups excluding carboxylic acids is 1. The van der Waals surface area contributed by atoms with Crippen LogP contribution >= 0.6 is 0 Å². The molecule has 0 saturated heterocycles. The number of nitrogens with one attached hydrogen (secondary N) is 1. The van der Waals surface area contributed by atoms with Crippen LogP contribution in [0.2, 0.25) is 0 Å². The molecule has 22 heavy (non-hydrogen) atoms. The van der Waals surface area contributed by atoms with Crippen LogP contribution in [0.15, 0.2) is 36.4 Å². The minimum Gasteiger partial charge on any atom is -0.497 e. The average molecular weight is 303 g/mol. The molecular weight excluding hydrogens is 285 g/mol. The van der Waals surface area contributed by atoms with Gasteiger partial charge < -0.3 is 14.8 Å². The molecule has 0 bridgehead atoms. The SMILES string of the molecule is CCOC(=O)c1ccc(OC)cc1Nc1ccc(F)cc1C. The van der Waals surface area contributed by atoms with E-state index >= 15 is 0 Å². The Morgan fingerprint density at radius 3 is 2.59 bits per heavy atom. The molecule has 0 heterocycles. The van der Waals surface area contributed by atoms with Gasteiger partial charge in [-0.05, 0) is 49.7 Å². The minimum absolute atomic E-state index is 0.292. The van der Waals surface area contributed by atoms with Crippen LogP contribution in [0.1, 0.15) is 22.8 Å². The monoisotopic (exact) mass is 303 g/mol. The first-order valence-corrected chi connectivity index (χ1v) is 6.93. The van der Waals surface area contributed by atoms with Gasteiger partial charge in [0.1, 0.15) is 11.6 Å². The minimum atomic E-state index is -0.424. The summed E-state index contributed by atoms with van der Waals surface area (Å²) in [6, 6.07) is 9.44. The molecule has 2 rings (SSSR count). The lowest BCUT2D eigenvalue weighted by Gasteiger charge is -2.14. The van der Waals surface area contributed by atoms with Crippen LogP contribution in [0.3, 0.4) is 0 Å². The smallest absolute Gasteiger partial charge is 0.340 e. The lowest BCUT2D eigenvalue weighted by atomic mass is 10.1. The van der Waals surface area contributed by atoms with Gasteiger partial charge in [0.2, 0.25) is 0 Å². The summed E-state index contributed by atoms with van der Waals surface area (Å²) in [7, 11) is 1.55. The number of carbonyl (C=O) groups is 1. The van der Waals surface area contributed by atoms with Crippen molar-refractivity contribution in [3.63, 3.8) is 0 Å². The first-order valence-electron chi connectivity index (χ1n) is 6.93. The van der Waals surface area contributed by atoms with Gasteiger partial charge in [-0.2, -0.15) is 0 Å². The Morgan fingerprint density at radius 2 is 1.95 bits per heavy atom. The highest BCUT2D eigenvalue weighted by molar-refractivity contribution is 5.97. The molecule has 116 valence electrons. The average Bonchev–Trinajstić information content (AvgIpc) is 2.50. The molecule has 2 aromatic rings. The maximum absolute atomic E-state index is 13.2. The van der Waals surface area contributed by atoms with E-state index in [4.69, 9.17) is 9.47 Å². The van der Waals surface area contributed by atoms with Gasteiger partial charge in [-0.1, -0.05) is 0 Å². The third-order valence-corrected chi connectivity index (χ3v) is 3.18. The molecule has 0 aliphatic heterocycles. The van der Waals surface area contributed by atoms with Gasteiger partial charge in [0, 0.05) is 11.8 Å². The lowest BCUT2D eigenvalue weighted by molar-refractivity contribution is 0.0527. The van der Waals surface area contributed by atoms with Crippen molar-refractivity contribution in [3.8, 4) is 5.75 Å².